The van der Waals surface area contributed by atoms with E-state index in [1.165, 1.54) is 5.56 Å². The van der Waals surface area contributed by atoms with Crippen LogP contribution in [0.4, 0.5) is 5.82 Å². The van der Waals surface area contributed by atoms with E-state index < -0.39 is 0 Å². The predicted molar refractivity (Wildman–Crippen MR) is 134 cm³/mol. The zero-order chi connectivity index (χ0) is 23.2. The molecule has 1 aromatic heterocycles. The number of benzene rings is 3. The number of nitrogens with zero attached hydrogens (tertiary/aromatic N) is 1. The van der Waals surface area contributed by atoms with Crippen molar-refractivity contribution in [3.05, 3.63) is 103 Å². The van der Waals surface area contributed by atoms with Crippen LogP contribution in [0.25, 0.3) is 22.0 Å². The lowest BCUT2D eigenvalue weighted by molar-refractivity contribution is 0.0731. The average molecular weight is 454 g/mol. The van der Waals surface area contributed by atoms with Crippen molar-refractivity contribution >= 4 is 16.6 Å². The molecular weight excluding hydrogens is 426 g/mol. The number of fused-ring (bicyclic) bond motifs is 1. The van der Waals surface area contributed by atoms with Gasteiger partial charge < -0.3 is 25.3 Å². The second-order valence-electron chi connectivity index (χ2n) is 8.10. The van der Waals surface area contributed by atoms with Crippen LogP contribution >= 0.6 is 0 Å². The first kappa shape index (κ1) is 21.8. The first-order valence-corrected chi connectivity index (χ1v) is 11.4. The summed E-state index contributed by atoms with van der Waals surface area (Å²) in [6.07, 6.45) is 2.50. The van der Waals surface area contributed by atoms with E-state index in [9.17, 15) is 0 Å². The molecule has 1 aliphatic heterocycles. The van der Waals surface area contributed by atoms with Gasteiger partial charge in [-0.05, 0) is 41.6 Å². The molecule has 6 nitrogen and oxygen atoms in total. The van der Waals surface area contributed by atoms with Gasteiger partial charge in [0.2, 0.25) is 6.79 Å². The van der Waals surface area contributed by atoms with Crippen LogP contribution in [0.5, 0.6) is 5.75 Å². The van der Waals surface area contributed by atoms with Crippen LogP contribution in [-0.4, -0.2) is 31.0 Å². The molecule has 3 aromatic carbocycles. The molecule has 0 aliphatic carbocycles. The molecule has 6 heteroatoms. The van der Waals surface area contributed by atoms with Gasteiger partial charge in [-0.1, -0.05) is 60.7 Å². The second-order valence-corrected chi connectivity index (χ2v) is 8.10. The molecule has 0 fully saturated rings. The van der Waals surface area contributed by atoms with E-state index in [1.807, 2.05) is 54.6 Å². The Morgan fingerprint density at radius 2 is 1.74 bits per heavy atom. The van der Waals surface area contributed by atoms with E-state index in [0.717, 1.165) is 40.0 Å². The zero-order valence-electron chi connectivity index (χ0n) is 18.8. The normalized spacial score (nSPS) is 13.7. The van der Waals surface area contributed by atoms with Gasteiger partial charge in [-0.3, -0.25) is 0 Å². The number of pyridine rings is 1. The van der Waals surface area contributed by atoms with E-state index in [-0.39, 0.29) is 12.8 Å². The molecule has 1 unspecified atom stereocenters. The minimum absolute atomic E-state index is 0.0160. The summed E-state index contributed by atoms with van der Waals surface area (Å²) >= 11 is 0. The van der Waals surface area contributed by atoms with Crippen molar-refractivity contribution in [1.82, 2.24) is 10.3 Å². The lowest BCUT2D eigenvalue weighted by Gasteiger charge is -2.19. The van der Waals surface area contributed by atoms with Gasteiger partial charge in [-0.2, -0.15) is 0 Å². The largest absolute Gasteiger partial charge is 0.492 e. The Balaban J connectivity index is 1.28. The Morgan fingerprint density at radius 3 is 2.53 bits per heavy atom. The van der Waals surface area contributed by atoms with Crippen LogP contribution in [0.1, 0.15) is 5.56 Å². The van der Waals surface area contributed by atoms with E-state index in [0.29, 0.717) is 19.0 Å². The highest BCUT2D eigenvalue weighted by atomic mass is 16.7. The Labute approximate surface area is 199 Å². The highest BCUT2D eigenvalue weighted by molar-refractivity contribution is 5.99. The third-order valence-electron chi connectivity index (χ3n) is 5.80. The summed E-state index contributed by atoms with van der Waals surface area (Å²) in [5.41, 5.74) is 9.01. The first-order chi connectivity index (χ1) is 16.8. The van der Waals surface area contributed by atoms with Gasteiger partial charge in [0.25, 0.3) is 0 Å². The van der Waals surface area contributed by atoms with Crippen molar-refractivity contribution in [3.63, 3.8) is 0 Å². The van der Waals surface area contributed by atoms with Crippen molar-refractivity contribution in [1.29, 1.82) is 0 Å². The van der Waals surface area contributed by atoms with Gasteiger partial charge in [-0.15, -0.1) is 0 Å². The summed E-state index contributed by atoms with van der Waals surface area (Å²) in [4.78, 5) is 4.49. The summed E-state index contributed by atoms with van der Waals surface area (Å²) in [5, 5.41) is 5.67. The molecule has 1 atom stereocenters. The summed E-state index contributed by atoms with van der Waals surface area (Å²) in [6.45, 7) is 1.43. The van der Waals surface area contributed by atoms with Crippen LogP contribution in [-0.2, 0) is 15.9 Å². The molecule has 3 N–H and O–H groups in total. The van der Waals surface area contributed by atoms with E-state index in [4.69, 9.17) is 19.9 Å². The van der Waals surface area contributed by atoms with Crippen LogP contribution in [0.3, 0.4) is 0 Å². The van der Waals surface area contributed by atoms with Gasteiger partial charge >= 0.3 is 0 Å². The summed E-state index contributed by atoms with van der Waals surface area (Å²) < 4.78 is 17.1. The van der Waals surface area contributed by atoms with Crippen LogP contribution in [0.15, 0.2) is 97.0 Å². The van der Waals surface area contributed by atoms with E-state index >= 15 is 0 Å². The quantitative estimate of drug-likeness (QED) is 0.351. The van der Waals surface area contributed by atoms with Crippen LogP contribution in [0.2, 0.25) is 0 Å². The first-order valence-electron chi connectivity index (χ1n) is 11.4. The molecule has 4 aromatic rings. The molecule has 5 rings (SSSR count). The van der Waals surface area contributed by atoms with Crippen molar-refractivity contribution in [3.8, 4) is 17.0 Å². The maximum atomic E-state index is 6.20. The number of hydrogen-bond acceptors (Lipinski definition) is 6. The maximum Gasteiger partial charge on any atom is 0.229 e. The lowest BCUT2D eigenvalue weighted by Crippen LogP contribution is -2.36. The minimum atomic E-state index is 0.0160. The Kier molecular flexibility index (Phi) is 6.59. The number of anilines is 1. The molecule has 0 bridgehead atoms. The van der Waals surface area contributed by atoms with Crippen LogP contribution < -0.4 is 15.8 Å². The molecule has 2 heterocycles. The van der Waals surface area contributed by atoms with Crippen molar-refractivity contribution < 1.29 is 14.2 Å². The fourth-order valence-corrected chi connectivity index (χ4v) is 4.17. The topological polar surface area (TPSA) is 78.6 Å². The smallest absolute Gasteiger partial charge is 0.229 e. The summed E-state index contributed by atoms with van der Waals surface area (Å²) in [6, 6.07) is 28.3. The highest BCUT2D eigenvalue weighted by Gasteiger charge is 2.20. The lowest BCUT2D eigenvalue weighted by atomic mass is 10.0. The van der Waals surface area contributed by atoms with Crippen molar-refractivity contribution in [2.24, 2.45) is 0 Å². The number of hydrogen-bond donors (Lipinski definition) is 2. The monoisotopic (exact) mass is 453 g/mol. The van der Waals surface area contributed by atoms with Gasteiger partial charge in [-0.25, -0.2) is 4.98 Å². The Morgan fingerprint density at radius 1 is 0.912 bits per heavy atom. The number of nitrogens with two attached hydrogens (primary N) is 1. The van der Waals surface area contributed by atoms with Gasteiger partial charge in [0.1, 0.15) is 24.4 Å². The minimum Gasteiger partial charge on any atom is -0.492 e. The molecule has 0 spiro atoms. The number of aromatic nitrogens is 1. The SMILES string of the molecule is Nc1cccc(-c2ccc(OCCNC(Cc3ccccc3)C3=COCO3)c3ccccc23)n1. The fourth-order valence-electron chi connectivity index (χ4n) is 4.17. The van der Waals surface area contributed by atoms with Gasteiger partial charge in [0, 0.05) is 17.5 Å². The zero-order valence-corrected chi connectivity index (χ0v) is 18.8. The molecule has 34 heavy (non-hydrogen) atoms. The van der Waals surface area contributed by atoms with E-state index in [2.05, 4.69) is 34.6 Å². The molecule has 0 saturated carbocycles. The Bertz CT molecular complexity index is 1290. The Hall–Kier alpha value is -4.03. The molecule has 0 radical (unpaired) electrons. The molecule has 172 valence electrons. The van der Waals surface area contributed by atoms with Gasteiger partial charge in [0.05, 0.1) is 11.7 Å². The predicted octanol–water partition coefficient (Wildman–Crippen LogP) is 4.91. The number of nitrogens with one attached hydrogen (secondary N) is 1. The maximum absolute atomic E-state index is 6.20. The number of ether oxygens (including phenoxy) is 3. The molecular formula is C28H27N3O3. The fraction of sp³-hybridized carbons (Fsp3) is 0.179. The summed E-state index contributed by atoms with van der Waals surface area (Å²) in [5.74, 6) is 2.16. The molecule has 0 amide bonds. The molecule has 0 saturated heterocycles. The number of nitrogen functional groups attached to an aromatic ring is 1. The van der Waals surface area contributed by atoms with Crippen molar-refractivity contribution in [2.45, 2.75) is 12.5 Å². The van der Waals surface area contributed by atoms with Gasteiger partial charge in [0.15, 0.2) is 5.76 Å². The third-order valence-corrected chi connectivity index (χ3v) is 5.80. The second kappa shape index (κ2) is 10.3. The average Bonchev–Trinajstić information content (AvgIpc) is 3.41. The third kappa shape index (κ3) is 4.97. The highest BCUT2D eigenvalue weighted by Crippen LogP contribution is 2.34. The van der Waals surface area contributed by atoms with Crippen molar-refractivity contribution in [2.75, 3.05) is 25.7 Å². The number of rotatable bonds is 9. The van der Waals surface area contributed by atoms with Crippen LogP contribution in [0, 0.1) is 0 Å². The molecule has 1 aliphatic rings. The summed E-state index contributed by atoms with van der Waals surface area (Å²) in [7, 11) is 0. The standard InChI is InChI=1S/C28H27N3O3/c29-28-12-6-11-24(31-28)22-13-14-26(23-10-5-4-9-21(22)23)33-16-15-30-25(27-18-32-19-34-27)17-20-7-2-1-3-8-20/h1-14,18,25,30H,15-17,19H2,(H2,29,31). The van der Waals surface area contributed by atoms with E-state index in [1.54, 1.807) is 12.3 Å².